The van der Waals surface area contributed by atoms with Crippen LogP contribution in [0.2, 0.25) is 0 Å². The van der Waals surface area contributed by atoms with Gasteiger partial charge in [-0.3, -0.25) is 4.79 Å². The summed E-state index contributed by atoms with van der Waals surface area (Å²) in [6, 6.07) is 10.1. The van der Waals surface area contributed by atoms with E-state index in [2.05, 4.69) is 15.9 Å². The summed E-state index contributed by atoms with van der Waals surface area (Å²) in [5.74, 6) is -0.772. The molecule has 0 radical (unpaired) electrons. The molecule has 0 aliphatic carbocycles. The highest BCUT2D eigenvalue weighted by Crippen LogP contribution is 2.23. The molecule has 1 saturated heterocycles. The Bertz CT molecular complexity index is 902. The van der Waals surface area contributed by atoms with Crippen LogP contribution < -0.4 is 0 Å². The molecule has 0 aromatic heterocycles. The van der Waals surface area contributed by atoms with Crippen molar-refractivity contribution in [2.75, 3.05) is 26.2 Å². The third-order valence-corrected chi connectivity index (χ3v) is 6.57. The van der Waals surface area contributed by atoms with Crippen LogP contribution in [0.25, 0.3) is 0 Å². The number of halogens is 1. The zero-order chi connectivity index (χ0) is 18.9. The summed E-state index contributed by atoms with van der Waals surface area (Å²) in [5, 5.41) is 19.0. The standard InChI is InChI=1S/C17H17BrN2O5S/c18-13-1-3-16(4-2-13)26(24,25)20-7-5-19(6-8-20)17(23)12-9-14(21)11-15(22)10-12/h1-4,9-11,21-22H,5-8H2. The average Bonchev–Trinajstić information content (AvgIpc) is 2.61. The summed E-state index contributed by atoms with van der Waals surface area (Å²) in [7, 11) is -3.61. The van der Waals surface area contributed by atoms with Crippen LogP contribution >= 0.6 is 15.9 Å². The molecule has 1 heterocycles. The van der Waals surface area contributed by atoms with E-state index in [9.17, 15) is 23.4 Å². The number of nitrogens with zero attached hydrogens (tertiary/aromatic N) is 2. The SMILES string of the molecule is O=C(c1cc(O)cc(O)c1)N1CCN(S(=O)(=O)c2ccc(Br)cc2)CC1. The molecule has 26 heavy (non-hydrogen) atoms. The summed E-state index contributed by atoms with van der Waals surface area (Å²) >= 11 is 3.28. The monoisotopic (exact) mass is 440 g/mol. The number of aromatic hydroxyl groups is 2. The van der Waals surface area contributed by atoms with Crippen molar-refractivity contribution < 1.29 is 23.4 Å². The van der Waals surface area contributed by atoms with E-state index in [1.165, 1.54) is 33.5 Å². The van der Waals surface area contributed by atoms with Crippen LogP contribution in [0.15, 0.2) is 51.8 Å². The van der Waals surface area contributed by atoms with E-state index in [0.29, 0.717) is 0 Å². The first kappa shape index (κ1) is 18.7. The van der Waals surface area contributed by atoms with Crippen molar-refractivity contribution in [3.8, 4) is 11.5 Å². The van der Waals surface area contributed by atoms with Gasteiger partial charge >= 0.3 is 0 Å². The number of amides is 1. The molecule has 7 nitrogen and oxygen atoms in total. The molecule has 0 saturated carbocycles. The van der Waals surface area contributed by atoms with E-state index in [1.807, 2.05) is 0 Å². The number of carbonyl (C=O) groups excluding carboxylic acids is 1. The Hall–Kier alpha value is -2.10. The highest BCUT2D eigenvalue weighted by atomic mass is 79.9. The Balaban J connectivity index is 1.70. The molecule has 0 spiro atoms. The van der Waals surface area contributed by atoms with Gasteiger partial charge in [-0.2, -0.15) is 4.31 Å². The number of hydrogen-bond acceptors (Lipinski definition) is 5. The average molecular weight is 441 g/mol. The van der Waals surface area contributed by atoms with Crippen LogP contribution in [-0.2, 0) is 10.0 Å². The van der Waals surface area contributed by atoms with E-state index in [1.54, 1.807) is 12.1 Å². The molecule has 2 aromatic carbocycles. The number of hydrogen-bond donors (Lipinski definition) is 2. The van der Waals surface area contributed by atoms with Crippen LogP contribution in [0.3, 0.4) is 0 Å². The first-order valence-corrected chi connectivity index (χ1v) is 10.1. The Labute approximate surface area is 159 Å². The number of piperazine rings is 1. The lowest BCUT2D eigenvalue weighted by molar-refractivity contribution is 0.0697. The fourth-order valence-electron chi connectivity index (χ4n) is 2.79. The minimum absolute atomic E-state index is 0.159. The van der Waals surface area contributed by atoms with E-state index in [0.717, 1.165) is 10.5 Å². The zero-order valence-electron chi connectivity index (χ0n) is 13.7. The van der Waals surface area contributed by atoms with Gasteiger partial charge in [-0.25, -0.2) is 8.42 Å². The topological polar surface area (TPSA) is 98.2 Å². The van der Waals surface area contributed by atoms with Crippen molar-refractivity contribution in [1.29, 1.82) is 0 Å². The summed E-state index contributed by atoms with van der Waals surface area (Å²) in [6.07, 6.45) is 0. The molecule has 1 aliphatic rings. The number of benzene rings is 2. The van der Waals surface area contributed by atoms with Crippen molar-refractivity contribution >= 4 is 31.9 Å². The van der Waals surface area contributed by atoms with Gasteiger partial charge in [0.2, 0.25) is 10.0 Å². The second-order valence-corrected chi connectivity index (χ2v) is 8.74. The summed E-state index contributed by atoms with van der Waals surface area (Å²) in [5.41, 5.74) is 0.159. The highest BCUT2D eigenvalue weighted by molar-refractivity contribution is 9.10. The van der Waals surface area contributed by atoms with Gasteiger partial charge in [-0.1, -0.05) is 15.9 Å². The molecule has 1 aliphatic heterocycles. The first-order chi connectivity index (χ1) is 12.3. The minimum Gasteiger partial charge on any atom is -0.508 e. The maximum absolute atomic E-state index is 12.7. The Morgan fingerprint density at radius 3 is 2.00 bits per heavy atom. The minimum atomic E-state index is -3.61. The molecule has 1 fully saturated rings. The Morgan fingerprint density at radius 2 is 1.46 bits per heavy atom. The zero-order valence-corrected chi connectivity index (χ0v) is 16.1. The molecule has 9 heteroatoms. The van der Waals surface area contributed by atoms with Crippen molar-refractivity contribution in [1.82, 2.24) is 9.21 Å². The third kappa shape index (κ3) is 3.84. The van der Waals surface area contributed by atoms with Crippen LogP contribution in [0.1, 0.15) is 10.4 Å². The predicted molar refractivity (Wildman–Crippen MR) is 98.6 cm³/mol. The maximum atomic E-state index is 12.7. The fraction of sp³-hybridized carbons (Fsp3) is 0.235. The molecular formula is C17H17BrN2O5S. The van der Waals surface area contributed by atoms with Gasteiger partial charge in [0.15, 0.2) is 0 Å². The van der Waals surface area contributed by atoms with Gasteiger partial charge in [0.25, 0.3) is 5.91 Å². The second kappa shape index (κ2) is 7.26. The number of sulfonamides is 1. The van der Waals surface area contributed by atoms with Crippen LogP contribution in [-0.4, -0.2) is 59.9 Å². The molecule has 1 amide bonds. The normalized spacial score (nSPS) is 15.8. The first-order valence-electron chi connectivity index (χ1n) is 7.85. The molecular weight excluding hydrogens is 424 g/mol. The van der Waals surface area contributed by atoms with Crippen molar-refractivity contribution in [2.24, 2.45) is 0 Å². The van der Waals surface area contributed by atoms with Crippen LogP contribution in [0.5, 0.6) is 11.5 Å². The van der Waals surface area contributed by atoms with E-state index in [-0.39, 0.29) is 54.0 Å². The van der Waals surface area contributed by atoms with Crippen molar-refractivity contribution in [2.45, 2.75) is 4.90 Å². The largest absolute Gasteiger partial charge is 0.508 e. The van der Waals surface area contributed by atoms with Gasteiger partial charge in [-0.15, -0.1) is 0 Å². The molecule has 0 atom stereocenters. The lowest BCUT2D eigenvalue weighted by atomic mass is 10.1. The highest BCUT2D eigenvalue weighted by Gasteiger charge is 2.30. The smallest absolute Gasteiger partial charge is 0.254 e. The molecule has 2 aromatic rings. The lowest BCUT2D eigenvalue weighted by Crippen LogP contribution is -2.50. The van der Waals surface area contributed by atoms with Gasteiger partial charge in [0.1, 0.15) is 11.5 Å². The molecule has 0 bridgehead atoms. The number of carbonyl (C=O) groups is 1. The number of rotatable bonds is 3. The molecule has 3 rings (SSSR count). The summed E-state index contributed by atoms with van der Waals surface area (Å²) < 4.78 is 27.5. The van der Waals surface area contributed by atoms with E-state index < -0.39 is 10.0 Å². The third-order valence-electron chi connectivity index (χ3n) is 4.13. The van der Waals surface area contributed by atoms with E-state index in [4.69, 9.17) is 0 Å². The fourth-order valence-corrected chi connectivity index (χ4v) is 4.47. The maximum Gasteiger partial charge on any atom is 0.254 e. The number of phenols is 2. The quantitative estimate of drug-likeness (QED) is 0.760. The van der Waals surface area contributed by atoms with Gasteiger partial charge in [0, 0.05) is 42.3 Å². The molecule has 0 unspecified atom stereocenters. The number of phenolic OH excluding ortho intramolecular Hbond substituents is 2. The van der Waals surface area contributed by atoms with E-state index >= 15 is 0 Å². The van der Waals surface area contributed by atoms with Crippen LogP contribution in [0.4, 0.5) is 0 Å². The molecule has 2 N–H and O–H groups in total. The van der Waals surface area contributed by atoms with Gasteiger partial charge in [-0.05, 0) is 36.4 Å². The Kier molecular flexibility index (Phi) is 5.22. The van der Waals surface area contributed by atoms with Crippen molar-refractivity contribution in [3.63, 3.8) is 0 Å². The van der Waals surface area contributed by atoms with Crippen LogP contribution in [0, 0.1) is 0 Å². The second-order valence-electron chi connectivity index (χ2n) is 5.89. The predicted octanol–water partition coefficient (Wildman–Crippen LogP) is 2.01. The van der Waals surface area contributed by atoms with Crippen molar-refractivity contribution in [3.05, 3.63) is 52.5 Å². The summed E-state index contributed by atoms with van der Waals surface area (Å²) in [6.45, 7) is 0.805. The van der Waals surface area contributed by atoms with Gasteiger partial charge in [0.05, 0.1) is 4.90 Å². The molecule has 138 valence electrons. The van der Waals surface area contributed by atoms with Gasteiger partial charge < -0.3 is 15.1 Å². The lowest BCUT2D eigenvalue weighted by Gasteiger charge is -2.34. The summed E-state index contributed by atoms with van der Waals surface area (Å²) in [4.78, 5) is 14.2. The Morgan fingerprint density at radius 1 is 0.923 bits per heavy atom.